The monoisotopic (exact) mass is 359 g/mol. The first-order chi connectivity index (χ1) is 8.95. The molecule has 0 saturated heterocycles. The first kappa shape index (κ1) is 14.6. The maximum absolute atomic E-state index is 6.00. The summed E-state index contributed by atoms with van der Waals surface area (Å²) < 4.78 is 0.901. The molecule has 0 saturated carbocycles. The molecular formula is C13H12BrCl2N3. The van der Waals surface area contributed by atoms with Gasteiger partial charge in [-0.05, 0) is 34.1 Å². The first-order valence-electron chi connectivity index (χ1n) is 5.72. The number of nitrogens with zero attached hydrogens (tertiary/aromatic N) is 2. The zero-order valence-electron chi connectivity index (χ0n) is 10.4. The Kier molecular flexibility index (Phi) is 4.66. The van der Waals surface area contributed by atoms with E-state index in [1.807, 2.05) is 32.0 Å². The maximum atomic E-state index is 6.00. The van der Waals surface area contributed by atoms with Crippen molar-refractivity contribution in [3.63, 3.8) is 0 Å². The predicted octanol–water partition coefficient (Wildman–Crippen LogP) is 5.41. The van der Waals surface area contributed by atoms with Gasteiger partial charge in [-0.15, -0.1) is 0 Å². The van der Waals surface area contributed by atoms with Crippen LogP contribution in [0.1, 0.15) is 25.6 Å². The van der Waals surface area contributed by atoms with Crippen molar-refractivity contribution in [3.05, 3.63) is 44.7 Å². The minimum atomic E-state index is 0.210. The number of halogens is 3. The molecule has 1 N–H and O–H groups in total. The molecule has 19 heavy (non-hydrogen) atoms. The van der Waals surface area contributed by atoms with Crippen molar-refractivity contribution in [2.75, 3.05) is 5.32 Å². The fourth-order valence-corrected chi connectivity index (χ4v) is 2.20. The van der Waals surface area contributed by atoms with Gasteiger partial charge in [-0.1, -0.05) is 37.0 Å². The van der Waals surface area contributed by atoms with Gasteiger partial charge in [-0.3, -0.25) is 0 Å². The molecule has 3 nitrogen and oxygen atoms in total. The molecule has 0 aliphatic heterocycles. The normalized spacial score (nSPS) is 10.8. The Labute approximate surface area is 130 Å². The fraction of sp³-hybridized carbons (Fsp3) is 0.231. The van der Waals surface area contributed by atoms with E-state index in [1.165, 1.54) is 0 Å². The quantitative estimate of drug-likeness (QED) is 0.743. The van der Waals surface area contributed by atoms with Gasteiger partial charge in [0.15, 0.2) is 0 Å². The van der Waals surface area contributed by atoms with Crippen LogP contribution < -0.4 is 5.32 Å². The fourth-order valence-electron chi connectivity index (χ4n) is 1.49. The third kappa shape index (κ3) is 3.81. The van der Waals surface area contributed by atoms with Crippen LogP contribution >= 0.6 is 39.1 Å². The van der Waals surface area contributed by atoms with Crippen molar-refractivity contribution < 1.29 is 0 Å². The van der Waals surface area contributed by atoms with Gasteiger partial charge in [-0.25, -0.2) is 9.97 Å². The van der Waals surface area contributed by atoms with Gasteiger partial charge >= 0.3 is 0 Å². The van der Waals surface area contributed by atoms with E-state index in [9.17, 15) is 0 Å². The highest BCUT2D eigenvalue weighted by atomic mass is 79.9. The second kappa shape index (κ2) is 6.07. The lowest BCUT2D eigenvalue weighted by atomic mass is 10.2. The van der Waals surface area contributed by atoms with E-state index in [0.717, 1.165) is 10.2 Å². The number of nitrogens with one attached hydrogen (secondary N) is 1. The summed E-state index contributed by atoms with van der Waals surface area (Å²) in [7, 11) is 0. The Morgan fingerprint density at radius 2 is 1.89 bits per heavy atom. The van der Waals surface area contributed by atoms with Crippen LogP contribution in [0.3, 0.4) is 0 Å². The second-order valence-corrected chi connectivity index (χ2v) is 6.02. The molecule has 0 spiro atoms. The topological polar surface area (TPSA) is 37.8 Å². The minimum Gasteiger partial charge on any atom is -0.339 e. The van der Waals surface area contributed by atoms with Gasteiger partial charge in [0.1, 0.15) is 16.8 Å². The molecule has 0 aliphatic rings. The average Bonchev–Trinajstić information content (AvgIpc) is 2.33. The van der Waals surface area contributed by atoms with E-state index in [-0.39, 0.29) is 5.92 Å². The van der Waals surface area contributed by atoms with Crippen LogP contribution in [-0.4, -0.2) is 9.97 Å². The van der Waals surface area contributed by atoms with Gasteiger partial charge in [0.2, 0.25) is 0 Å². The van der Waals surface area contributed by atoms with Crippen LogP contribution in [0.15, 0.2) is 28.7 Å². The number of anilines is 2. The number of aromatic nitrogens is 2. The molecule has 0 radical (unpaired) electrons. The van der Waals surface area contributed by atoms with E-state index in [2.05, 4.69) is 31.2 Å². The summed E-state index contributed by atoms with van der Waals surface area (Å²) in [6.45, 7) is 4.04. The second-order valence-electron chi connectivity index (χ2n) is 4.34. The van der Waals surface area contributed by atoms with E-state index in [4.69, 9.17) is 23.2 Å². The molecule has 2 aromatic rings. The van der Waals surface area contributed by atoms with Gasteiger partial charge in [0, 0.05) is 21.5 Å². The van der Waals surface area contributed by atoms with Crippen molar-refractivity contribution in [1.29, 1.82) is 0 Å². The van der Waals surface area contributed by atoms with Crippen LogP contribution in [0.4, 0.5) is 11.5 Å². The Morgan fingerprint density at radius 1 is 1.16 bits per heavy atom. The smallest absolute Gasteiger partial charge is 0.135 e. The average molecular weight is 361 g/mol. The van der Waals surface area contributed by atoms with Crippen LogP contribution in [0.2, 0.25) is 10.2 Å². The largest absolute Gasteiger partial charge is 0.339 e. The van der Waals surface area contributed by atoms with Crippen LogP contribution in [0.5, 0.6) is 0 Å². The third-order valence-electron chi connectivity index (χ3n) is 2.42. The van der Waals surface area contributed by atoms with E-state index in [1.54, 1.807) is 6.07 Å². The van der Waals surface area contributed by atoms with Crippen molar-refractivity contribution in [1.82, 2.24) is 9.97 Å². The number of hydrogen-bond donors (Lipinski definition) is 1. The zero-order chi connectivity index (χ0) is 14.0. The van der Waals surface area contributed by atoms with Gasteiger partial charge in [-0.2, -0.15) is 0 Å². The maximum Gasteiger partial charge on any atom is 0.135 e. The predicted molar refractivity (Wildman–Crippen MR) is 83.6 cm³/mol. The summed E-state index contributed by atoms with van der Waals surface area (Å²) in [6.07, 6.45) is 0. The molecule has 1 aromatic carbocycles. The molecule has 0 fully saturated rings. The van der Waals surface area contributed by atoms with E-state index < -0.39 is 0 Å². The summed E-state index contributed by atoms with van der Waals surface area (Å²) >= 11 is 15.4. The minimum absolute atomic E-state index is 0.210. The van der Waals surface area contributed by atoms with Crippen LogP contribution in [-0.2, 0) is 0 Å². The molecule has 6 heteroatoms. The van der Waals surface area contributed by atoms with Crippen molar-refractivity contribution in [3.8, 4) is 0 Å². The highest BCUT2D eigenvalue weighted by Gasteiger charge is 2.08. The molecule has 1 heterocycles. The lowest BCUT2D eigenvalue weighted by molar-refractivity contribution is 0.776. The van der Waals surface area contributed by atoms with E-state index in [0.29, 0.717) is 21.8 Å². The standard InChI is InChI=1S/C13H12BrCl2N3/c1-7(2)13-18-11(16)6-12(19-13)17-10-5-8(15)3-4-9(10)14/h3-7H,1-2H3,(H,17,18,19). The Bertz CT molecular complexity index is 602. The Hall–Kier alpha value is -0.840. The van der Waals surface area contributed by atoms with Crippen molar-refractivity contribution in [2.45, 2.75) is 19.8 Å². The van der Waals surface area contributed by atoms with Gasteiger partial charge in [0.25, 0.3) is 0 Å². The summed E-state index contributed by atoms with van der Waals surface area (Å²) in [5, 5.41) is 4.25. The molecular weight excluding hydrogens is 349 g/mol. The van der Waals surface area contributed by atoms with Crippen molar-refractivity contribution in [2.24, 2.45) is 0 Å². The number of rotatable bonds is 3. The molecule has 0 unspecified atom stereocenters. The summed E-state index contributed by atoms with van der Waals surface area (Å²) in [4.78, 5) is 8.62. The SMILES string of the molecule is CC(C)c1nc(Cl)cc(Nc2cc(Cl)ccc2Br)n1. The summed E-state index contributed by atoms with van der Waals surface area (Å²) in [5.74, 6) is 1.56. The molecule has 0 bridgehead atoms. The molecule has 1 aromatic heterocycles. The van der Waals surface area contributed by atoms with E-state index >= 15 is 0 Å². The Balaban J connectivity index is 2.35. The summed E-state index contributed by atoms with van der Waals surface area (Å²) in [5.41, 5.74) is 0.831. The highest BCUT2D eigenvalue weighted by molar-refractivity contribution is 9.10. The lowest BCUT2D eigenvalue weighted by Crippen LogP contribution is -2.02. The van der Waals surface area contributed by atoms with Crippen molar-refractivity contribution >= 4 is 50.6 Å². The summed E-state index contributed by atoms with van der Waals surface area (Å²) in [6, 6.07) is 7.18. The highest BCUT2D eigenvalue weighted by Crippen LogP contribution is 2.29. The van der Waals surface area contributed by atoms with Gasteiger partial charge < -0.3 is 5.32 Å². The Morgan fingerprint density at radius 3 is 2.58 bits per heavy atom. The molecule has 0 aliphatic carbocycles. The zero-order valence-corrected chi connectivity index (χ0v) is 13.5. The molecule has 2 rings (SSSR count). The van der Waals surface area contributed by atoms with Crippen LogP contribution in [0.25, 0.3) is 0 Å². The molecule has 100 valence electrons. The number of benzene rings is 1. The van der Waals surface area contributed by atoms with Crippen LogP contribution in [0, 0.1) is 0 Å². The van der Waals surface area contributed by atoms with Gasteiger partial charge in [0.05, 0.1) is 5.69 Å². The molecule has 0 amide bonds. The number of hydrogen-bond acceptors (Lipinski definition) is 3. The third-order valence-corrected chi connectivity index (χ3v) is 3.54. The lowest BCUT2D eigenvalue weighted by Gasteiger charge is -2.11. The molecule has 0 atom stereocenters. The first-order valence-corrected chi connectivity index (χ1v) is 7.27.